The summed E-state index contributed by atoms with van der Waals surface area (Å²) in [4.78, 5) is 36.4. The minimum Gasteiger partial charge on any atom is -0.481 e. The number of carboxylic acid groups (broad SMARTS) is 1. The second-order valence-electron chi connectivity index (χ2n) is 9.52. The van der Waals surface area contributed by atoms with Crippen LogP contribution in [0.15, 0.2) is 48.5 Å². The first-order chi connectivity index (χ1) is 16.2. The van der Waals surface area contributed by atoms with Crippen molar-refractivity contribution >= 4 is 18.0 Å². The number of carbonyl (C=O) groups is 3. The van der Waals surface area contributed by atoms with Crippen LogP contribution in [0.2, 0.25) is 0 Å². The van der Waals surface area contributed by atoms with E-state index in [9.17, 15) is 19.5 Å². The number of benzene rings is 2. The van der Waals surface area contributed by atoms with Crippen molar-refractivity contribution in [3.05, 3.63) is 59.7 Å². The van der Waals surface area contributed by atoms with E-state index in [1.807, 2.05) is 38.1 Å². The van der Waals surface area contributed by atoms with Gasteiger partial charge in [-0.2, -0.15) is 0 Å². The van der Waals surface area contributed by atoms with Gasteiger partial charge in [0.05, 0.1) is 5.92 Å². The topological polar surface area (TPSA) is 105 Å². The molecule has 0 heterocycles. The fraction of sp³-hybridized carbons (Fsp3) is 0.444. The van der Waals surface area contributed by atoms with E-state index in [2.05, 4.69) is 34.9 Å². The van der Waals surface area contributed by atoms with Gasteiger partial charge in [-0.15, -0.1) is 0 Å². The number of hydrogen-bond donors (Lipinski definition) is 3. The lowest BCUT2D eigenvalue weighted by Gasteiger charge is -2.23. The van der Waals surface area contributed by atoms with E-state index in [4.69, 9.17) is 4.74 Å². The van der Waals surface area contributed by atoms with E-state index in [0.717, 1.165) is 22.3 Å². The normalized spacial score (nSPS) is 14.3. The highest BCUT2D eigenvalue weighted by molar-refractivity contribution is 5.80. The van der Waals surface area contributed by atoms with Crippen LogP contribution in [0.1, 0.15) is 51.2 Å². The van der Waals surface area contributed by atoms with Gasteiger partial charge in [-0.3, -0.25) is 9.59 Å². The fourth-order valence-corrected chi connectivity index (χ4v) is 4.35. The lowest BCUT2D eigenvalue weighted by atomic mass is 9.95. The molecule has 0 radical (unpaired) electrons. The predicted octanol–water partition coefficient (Wildman–Crippen LogP) is 4.41. The third-order valence-corrected chi connectivity index (χ3v) is 6.50. The molecule has 2 unspecified atom stereocenters. The van der Waals surface area contributed by atoms with Crippen LogP contribution in [-0.2, 0) is 14.3 Å². The standard InChI is InChI=1S/C27H34N2O5/c1-16(2)22(26(31)32)14-28-25(30)13-24(17(3)4)29-27(33)34-15-23-20-11-7-5-9-18(20)19-10-6-8-12-21(19)23/h5-12,16-17,22-24H,13-15H2,1-4H3,(H,28,30)(H,29,33)(H,31,32). The average molecular weight is 467 g/mol. The molecule has 182 valence electrons. The maximum absolute atomic E-state index is 12.6. The van der Waals surface area contributed by atoms with E-state index < -0.39 is 24.0 Å². The molecular formula is C27H34N2O5. The van der Waals surface area contributed by atoms with Crippen LogP contribution in [0.3, 0.4) is 0 Å². The van der Waals surface area contributed by atoms with E-state index in [1.165, 1.54) is 0 Å². The van der Waals surface area contributed by atoms with E-state index in [1.54, 1.807) is 13.8 Å². The summed E-state index contributed by atoms with van der Waals surface area (Å²) in [6, 6.07) is 15.8. The minimum absolute atomic E-state index is 0.00778. The van der Waals surface area contributed by atoms with Gasteiger partial charge in [0.1, 0.15) is 6.61 Å². The number of ether oxygens (including phenoxy) is 1. The molecule has 2 atom stereocenters. The molecule has 0 saturated carbocycles. The van der Waals surface area contributed by atoms with Gasteiger partial charge in [-0.05, 0) is 34.1 Å². The smallest absolute Gasteiger partial charge is 0.407 e. The molecule has 0 fully saturated rings. The Kier molecular flexibility index (Phi) is 8.31. The number of aliphatic carboxylic acids is 1. The molecule has 0 saturated heterocycles. The van der Waals surface area contributed by atoms with Gasteiger partial charge < -0.3 is 20.5 Å². The van der Waals surface area contributed by atoms with Crippen molar-refractivity contribution in [3.8, 4) is 11.1 Å². The van der Waals surface area contributed by atoms with Crippen LogP contribution in [0.5, 0.6) is 0 Å². The van der Waals surface area contributed by atoms with Crippen LogP contribution in [0.25, 0.3) is 11.1 Å². The zero-order chi connectivity index (χ0) is 24.8. The number of amides is 2. The van der Waals surface area contributed by atoms with Crippen molar-refractivity contribution in [2.45, 2.75) is 46.1 Å². The summed E-state index contributed by atoms with van der Waals surface area (Å²) < 4.78 is 5.60. The summed E-state index contributed by atoms with van der Waals surface area (Å²) in [6.07, 6.45) is -0.522. The Labute approximate surface area is 200 Å². The molecule has 2 aromatic carbocycles. The molecule has 34 heavy (non-hydrogen) atoms. The molecule has 1 aliphatic carbocycles. The van der Waals surface area contributed by atoms with Gasteiger partial charge >= 0.3 is 12.1 Å². The molecule has 0 bridgehead atoms. The first-order valence-electron chi connectivity index (χ1n) is 11.8. The number of nitrogens with one attached hydrogen (secondary N) is 2. The summed E-state index contributed by atoms with van der Waals surface area (Å²) in [6.45, 7) is 7.69. The summed E-state index contributed by atoms with van der Waals surface area (Å²) in [5.41, 5.74) is 4.58. The van der Waals surface area contributed by atoms with Crippen LogP contribution in [0, 0.1) is 17.8 Å². The van der Waals surface area contributed by atoms with Gasteiger partial charge in [0.25, 0.3) is 0 Å². The molecule has 1 aliphatic rings. The fourth-order valence-electron chi connectivity index (χ4n) is 4.35. The molecule has 2 amide bonds. The monoisotopic (exact) mass is 466 g/mol. The lowest BCUT2D eigenvalue weighted by molar-refractivity contribution is -0.143. The summed E-state index contributed by atoms with van der Waals surface area (Å²) >= 11 is 0. The van der Waals surface area contributed by atoms with E-state index in [-0.39, 0.29) is 43.2 Å². The van der Waals surface area contributed by atoms with Gasteiger partial charge in [0, 0.05) is 24.9 Å². The van der Waals surface area contributed by atoms with Crippen LogP contribution in [-0.4, -0.2) is 42.3 Å². The third kappa shape index (κ3) is 5.95. The Morgan fingerprint density at radius 3 is 1.97 bits per heavy atom. The van der Waals surface area contributed by atoms with Crippen molar-refractivity contribution in [2.24, 2.45) is 17.8 Å². The van der Waals surface area contributed by atoms with Crippen molar-refractivity contribution in [3.63, 3.8) is 0 Å². The Morgan fingerprint density at radius 1 is 0.912 bits per heavy atom. The molecule has 0 aliphatic heterocycles. The number of carboxylic acids is 1. The van der Waals surface area contributed by atoms with Gasteiger partial charge in [-0.1, -0.05) is 76.2 Å². The Hall–Kier alpha value is -3.35. The van der Waals surface area contributed by atoms with Crippen molar-refractivity contribution < 1.29 is 24.2 Å². The first kappa shape index (κ1) is 25.3. The van der Waals surface area contributed by atoms with Crippen LogP contribution < -0.4 is 10.6 Å². The summed E-state index contributed by atoms with van der Waals surface area (Å²) in [7, 11) is 0. The second-order valence-corrected chi connectivity index (χ2v) is 9.52. The molecule has 3 rings (SSSR count). The number of fused-ring (bicyclic) bond motifs is 3. The highest BCUT2D eigenvalue weighted by Crippen LogP contribution is 2.44. The summed E-state index contributed by atoms with van der Waals surface area (Å²) in [5.74, 6) is -2.04. The first-order valence-corrected chi connectivity index (χ1v) is 11.8. The number of hydrogen-bond acceptors (Lipinski definition) is 4. The minimum atomic E-state index is -0.938. The van der Waals surface area contributed by atoms with Gasteiger partial charge in [0.2, 0.25) is 5.91 Å². The Balaban J connectivity index is 1.56. The Bertz CT molecular complexity index is 988. The lowest BCUT2D eigenvalue weighted by Crippen LogP contribution is -2.44. The highest BCUT2D eigenvalue weighted by Gasteiger charge is 2.30. The number of alkyl carbamates (subject to hydrolysis) is 1. The molecular weight excluding hydrogens is 432 g/mol. The number of rotatable bonds is 10. The maximum Gasteiger partial charge on any atom is 0.407 e. The second kappa shape index (κ2) is 11.2. The van der Waals surface area contributed by atoms with Crippen molar-refractivity contribution in [1.82, 2.24) is 10.6 Å². The number of carbonyl (C=O) groups excluding carboxylic acids is 2. The predicted molar refractivity (Wildman–Crippen MR) is 130 cm³/mol. The maximum atomic E-state index is 12.6. The quantitative estimate of drug-likeness (QED) is 0.481. The average Bonchev–Trinajstić information content (AvgIpc) is 3.10. The van der Waals surface area contributed by atoms with E-state index in [0.29, 0.717) is 0 Å². The van der Waals surface area contributed by atoms with Gasteiger partial charge in [0.15, 0.2) is 0 Å². The summed E-state index contributed by atoms with van der Waals surface area (Å²) in [5, 5.41) is 14.8. The Morgan fingerprint density at radius 2 is 1.47 bits per heavy atom. The van der Waals surface area contributed by atoms with Crippen molar-refractivity contribution in [1.29, 1.82) is 0 Å². The molecule has 7 nitrogen and oxygen atoms in total. The molecule has 0 spiro atoms. The molecule has 3 N–H and O–H groups in total. The molecule has 0 aromatic heterocycles. The third-order valence-electron chi connectivity index (χ3n) is 6.50. The largest absolute Gasteiger partial charge is 0.481 e. The molecule has 7 heteroatoms. The van der Waals surface area contributed by atoms with Crippen LogP contribution >= 0.6 is 0 Å². The SMILES string of the molecule is CC(C)C(CC(=O)NCC(C(=O)O)C(C)C)NC(=O)OCC1c2ccccc2-c2ccccc21. The zero-order valence-corrected chi connectivity index (χ0v) is 20.2. The van der Waals surface area contributed by atoms with Gasteiger partial charge in [-0.25, -0.2) is 4.79 Å². The highest BCUT2D eigenvalue weighted by atomic mass is 16.5. The zero-order valence-electron chi connectivity index (χ0n) is 20.2. The van der Waals surface area contributed by atoms with Crippen molar-refractivity contribution in [2.75, 3.05) is 13.2 Å². The molecule has 2 aromatic rings. The van der Waals surface area contributed by atoms with E-state index >= 15 is 0 Å². The van der Waals surface area contributed by atoms with Crippen LogP contribution in [0.4, 0.5) is 4.79 Å².